The lowest BCUT2D eigenvalue weighted by Crippen LogP contribution is -2.41. The molecule has 6 nitrogen and oxygen atoms in total. The van der Waals surface area contributed by atoms with Gasteiger partial charge >= 0.3 is 5.97 Å². The van der Waals surface area contributed by atoms with Crippen molar-refractivity contribution in [2.45, 2.75) is 83.7 Å². The summed E-state index contributed by atoms with van der Waals surface area (Å²) in [6.07, 6.45) is 10.4. The molecular formula is C37H46N2O4S. The molecule has 7 heteroatoms. The SMILES string of the molecule is CCCCN(Cc1ccc(C(=O)N[C@@H](CCSC)C(=O)O)c(-c2ccccc2C)c1)C(=O)c1ccc(C2CCCCC2)cc1. The smallest absolute Gasteiger partial charge is 0.326 e. The second-order valence-corrected chi connectivity index (χ2v) is 12.9. The van der Waals surface area contributed by atoms with Crippen molar-refractivity contribution < 1.29 is 19.5 Å². The van der Waals surface area contributed by atoms with Crippen LogP contribution >= 0.6 is 11.8 Å². The van der Waals surface area contributed by atoms with Crippen LogP contribution in [0.4, 0.5) is 0 Å². The number of aryl methyl sites for hydroxylation is 1. The minimum absolute atomic E-state index is 0.00555. The molecule has 0 aliphatic heterocycles. The summed E-state index contributed by atoms with van der Waals surface area (Å²) in [6, 6.07) is 20.7. The number of aliphatic carboxylic acids is 1. The third-order valence-electron chi connectivity index (χ3n) is 8.65. The standard InChI is InChI=1S/C37H46N2O4S/c1-4-5-22-39(36(41)30-18-16-29(17-19-30)28-12-7-6-8-13-28)25-27-15-20-32(33(24-27)31-14-10-9-11-26(31)2)35(40)38-34(37(42)43)21-23-44-3/h9-11,14-20,24,28,34H,4-8,12-13,21-23,25H2,1-3H3,(H,38,40)(H,42,43)/t34-/m0/s1. The highest BCUT2D eigenvalue weighted by molar-refractivity contribution is 7.98. The number of benzene rings is 3. The molecule has 1 fully saturated rings. The summed E-state index contributed by atoms with van der Waals surface area (Å²) in [5.41, 5.74) is 6.00. The Morgan fingerprint density at radius 1 is 0.977 bits per heavy atom. The number of nitrogens with one attached hydrogen (secondary N) is 1. The zero-order valence-corrected chi connectivity index (χ0v) is 27.1. The van der Waals surface area contributed by atoms with Gasteiger partial charge in [0.05, 0.1) is 0 Å². The van der Waals surface area contributed by atoms with Crippen molar-refractivity contribution >= 4 is 29.5 Å². The summed E-state index contributed by atoms with van der Waals surface area (Å²) in [4.78, 5) is 41.1. The monoisotopic (exact) mass is 614 g/mol. The number of hydrogen-bond acceptors (Lipinski definition) is 4. The Balaban J connectivity index is 1.62. The number of nitrogens with zero attached hydrogens (tertiary/aromatic N) is 1. The molecule has 3 aromatic carbocycles. The lowest BCUT2D eigenvalue weighted by atomic mass is 9.84. The summed E-state index contributed by atoms with van der Waals surface area (Å²) in [7, 11) is 0. The van der Waals surface area contributed by atoms with Crippen LogP contribution in [0, 0.1) is 6.92 Å². The first kappa shape index (κ1) is 33.3. The molecule has 0 saturated heterocycles. The van der Waals surface area contributed by atoms with Gasteiger partial charge in [0.25, 0.3) is 11.8 Å². The van der Waals surface area contributed by atoms with Gasteiger partial charge in [0.2, 0.25) is 0 Å². The third kappa shape index (κ3) is 8.75. The minimum Gasteiger partial charge on any atom is -0.480 e. The van der Waals surface area contributed by atoms with Gasteiger partial charge in [-0.25, -0.2) is 4.79 Å². The first-order chi connectivity index (χ1) is 21.3. The fourth-order valence-electron chi connectivity index (χ4n) is 6.05. The van der Waals surface area contributed by atoms with E-state index in [0.717, 1.165) is 35.1 Å². The first-order valence-electron chi connectivity index (χ1n) is 15.9. The van der Waals surface area contributed by atoms with E-state index in [-0.39, 0.29) is 5.91 Å². The van der Waals surface area contributed by atoms with Crippen molar-refractivity contribution in [3.05, 3.63) is 94.5 Å². The molecule has 4 rings (SSSR count). The number of rotatable bonds is 14. The topological polar surface area (TPSA) is 86.7 Å². The van der Waals surface area contributed by atoms with E-state index in [1.165, 1.54) is 37.7 Å². The molecule has 44 heavy (non-hydrogen) atoms. The number of carboxylic acid groups (broad SMARTS) is 1. The average molecular weight is 615 g/mol. The number of carboxylic acids is 1. The minimum atomic E-state index is -1.04. The van der Waals surface area contributed by atoms with Crippen molar-refractivity contribution in [3.63, 3.8) is 0 Å². The molecule has 0 spiro atoms. The molecule has 1 atom stereocenters. The van der Waals surface area contributed by atoms with Gasteiger partial charge in [0.1, 0.15) is 6.04 Å². The van der Waals surface area contributed by atoms with Crippen LogP contribution in [0.25, 0.3) is 11.1 Å². The second-order valence-electron chi connectivity index (χ2n) is 11.9. The van der Waals surface area contributed by atoms with Crippen LogP contribution in [0.2, 0.25) is 0 Å². The normalized spacial score (nSPS) is 14.2. The van der Waals surface area contributed by atoms with E-state index in [2.05, 4.69) is 24.4 Å². The second kappa shape index (κ2) is 16.5. The fourth-order valence-corrected chi connectivity index (χ4v) is 6.52. The highest BCUT2D eigenvalue weighted by Crippen LogP contribution is 2.33. The molecule has 3 aromatic rings. The number of carbonyl (C=O) groups is 3. The first-order valence-corrected chi connectivity index (χ1v) is 17.3. The van der Waals surface area contributed by atoms with Crippen molar-refractivity contribution in [1.29, 1.82) is 0 Å². The molecule has 0 unspecified atom stereocenters. The maximum absolute atomic E-state index is 13.8. The van der Waals surface area contributed by atoms with Gasteiger partial charge in [-0.05, 0) is 103 Å². The van der Waals surface area contributed by atoms with E-state index >= 15 is 0 Å². The molecule has 0 aromatic heterocycles. The Morgan fingerprint density at radius 3 is 2.36 bits per heavy atom. The van der Waals surface area contributed by atoms with Crippen LogP contribution < -0.4 is 5.32 Å². The van der Waals surface area contributed by atoms with E-state index in [1.807, 2.05) is 66.6 Å². The molecule has 0 radical (unpaired) electrons. The van der Waals surface area contributed by atoms with E-state index in [9.17, 15) is 19.5 Å². The Hall–Kier alpha value is -3.58. The van der Waals surface area contributed by atoms with Crippen LogP contribution in [-0.2, 0) is 11.3 Å². The van der Waals surface area contributed by atoms with E-state index in [1.54, 1.807) is 17.8 Å². The van der Waals surface area contributed by atoms with Crippen molar-refractivity contribution in [3.8, 4) is 11.1 Å². The lowest BCUT2D eigenvalue weighted by Gasteiger charge is -2.25. The molecule has 2 N–H and O–H groups in total. The van der Waals surface area contributed by atoms with Crippen LogP contribution in [0.5, 0.6) is 0 Å². The van der Waals surface area contributed by atoms with Gasteiger partial charge in [-0.15, -0.1) is 0 Å². The molecule has 2 amide bonds. The number of carbonyl (C=O) groups excluding carboxylic acids is 2. The summed E-state index contributed by atoms with van der Waals surface area (Å²) in [6.45, 7) is 5.16. The summed E-state index contributed by atoms with van der Waals surface area (Å²) in [5.74, 6) is -0.230. The molecule has 1 aliphatic rings. The molecule has 1 aliphatic carbocycles. The molecular weight excluding hydrogens is 568 g/mol. The summed E-state index contributed by atoms with van der Waals surface area (Å²) < 4.78 is 0. The Kier molecular flexibility index (Phi) is 12.5. The van der Waals surface area contributed by atoms with Gasteiger partial charge in [0, 0.05) is 24.2 Å². The van der Waals surface area contributed by atoms with Crippen molar-refractivity contribution in [1.82, 2.24) is 10.2 Å². The summed E-state index contributed by atoms with van der Waals surface area (Å²) in [5, 5.41) is 12.4. The van der Waals surface area contributed by atoms with Gasteiger partial charge < -0.3 is 15.3 Å². The third-order valence-corrected chi connectivity index (χ3v) is 9.30. The predicted molar refractivity (Wildman–Crippen MR) is 180 cm³/mol. The lowest BCUT2D eigenvalue weighted by molar-refractivity contribution is -0.139. The van der Waals surface area contributed by atoms with Gasteiger partial charge in [0.15, 0.2) is 0 Å². The molecule has 0 heterocycles. The zero-order chi connectivity index (χ0) is 31.5. The van der Waals surface area contributed by atoms with Crippen molar-refractivity contribution in [2.75, 3.05) is 18.6 Å². The molecule has 234 valence electrons. The average Bonchev–Trinajstić information content (AvgIpc) is 3.05. The largest absolute Gasteiger partial charge is 0.480 e. The van der Waals surface area contributed by atoms with Gasteiger partial charge in [-0.1, -0.05) is 75.1 Å². The van der Waals surface area contributed by atoms with Gasteiger partial charge in [-0.3, -0.25) is 9.59 Å². The fraction of sp³-hybridized carbons (Fsp3) is 0.432. The Morgan fingerprint density at radius 2 is 1.70 bits per heavy atom. The van der Waals surface area contributed by atoms with Crippen LogP contribution in [-0.4, -0.2) is 52.4 Å². The quantitative estimate of drug-likeness (QED) is 0.192. The van der Waals surface area contributed by atoms with E-state index < -0.39 is 17.9 Å². The number of amides is 2. The molecule has 1 saturated carbocycles. The summed E-state index contributed by atoms with van der Waals surface area (Å²) >= 11 is 1.55. The maximum Gasteiger partial charge on any atom is 0.326 e. The van der Waals surface area contributed by atoms with Gasteiger partial charge in [-0.2, -0.15) is 11.8 Å². The number of thioether (sulfide) groups is 1. The number of unbranched alkanes of at least 4 members (excludes halogenated alkanes) is 1. The maximum atomic E-state index is 13.8. The highest BCUT2D eigenvalue weighted by atomic mass is 32.2. The zero-order valence-electron chi connectivity index (χ0n) is 26.3. The Bertz CT molecular complexity index is 1420. The van der Waals surface area contributed by atoms with Crippen LogP contribution in [0.15, 0.2) is 66.7 Å². The number of hydrogen-bond donors (Lipinski definition) is 2. The van der Waals surface area contributed by atoms with Crippen molar-refractivity contribution in [2.24, 2.45) is 0 Å². The van der Waals surface area contributed by atoms with Crippen LogP contribution in [0.1, 0.15) is 102 Å². The van der Waals surface area contributed by atoms with E-state index in [4.69, 9.17) is 0 Å². The highest BCUT2D eigenvalue weighted by Gasteiger charge is 2.24. The predicted octanol–water partition coefficient (Wildman–Crippen LogP) is 8.09. The van der Waals surface area contributed by atoms with E-state index in [0.29, 0.717) is 42.3 Å². The molecule has 0 bridgehead atoms. The van der Waals surface area contributed by atoms with Crippen LogP contribution in [0.3, 0.4) is 0 Å². The Labute approximate surface area is 266 Å².